The molecular formula is C10H18IN3S. The molecule has 1 heterocycles. The number of rotatable bonds is 3. The highest BCUT2D eigenvalue weighted by Gasteiger charge is 2.15. The van der Waals surface area contributed by atoms with Crippen LogP contribution in [-0.4, -0.2) is 37.1 Å². The van der Waals surface area contributed by atoms with E-state index >= 15 is 0 Å². The SMILES string of the molecule is C#CCNC(=NC)NCC1CCCS1.I. The molecule has 0 bridgehead atoms. The van der Waals surface area contributed by atoms with E-state index in [9.17, 15) is 0 Å². The van der Waals surface area contributed by atoms with Crippen LogP contribution in [-0.2, 0) is 0 Å². The quantitative estimate of drug-likeness (QED) is 0.352. The number of thioether (sulfide) groups is 1. The molecule has 0 saturated carbocycles. The Morgan fingerprint density at radius 1 is 1.60 bits per heavy atom. The summed E-state index contributed by atoms with van der Waals surface area (Å²) in [6.07, 6.45) is 7.80. The van der Waals surface area contributed by atoms with E-state index in [4.69, 9.17) is 6.42 Å². The molecule has 0 spiro atoms. The van der Waals surface area contributed by atoms with Crippen LogP contribution in [0.3, 0.4) is 0 Å². The first-order valence-corrected chi connectivity index (χ1v) is 5.91. The molecule has 5 heteroatoms. The van der Waals surface area contributed by atoms with Gasteiger partial charge in [0.25, 0.3) is 0 Å². The number of guanidine groups is 1. The van der Waals surface area contributed by atoms with Gasteiger partial charge in [-0.25, -0.2) is 0 Å². The topological polar surface area (TPSA) is 36.4 Å². The van der Waals surface area contributed by atoms with E-state index in [2.05, 4.69) is 21.5 Å². The van der Waals surface area contributed by atoms with Crippen molar-refractivity contribution in [3.05, 3.63) is 0 Å². The molecule has 1 saturated heterocycles. The maximum Gasteiger partial charge on any atom is 0.191 e. The lowest BCUT2D eigenvalue weighted by atomic mass is 10.2. The van der Waals surface area contributed by atoms with Gasteiger partial charge in [0, 0.05) is 18.8 Å². The highest BCUT2D eigenvalue weighted by atomic mass is 127. The predicted octanol–water partition coefficient (Wildman–Crippen LogP) is 1.30. The highest BCUT2D eigenvalue weighted by Crippen LogP contribution is 2.24. The first-order valence-electron chi connectivity index (χ1n) is 4.86. The summed E-state index contributed by atoms with van der Waals surface area (Å²) < 4.78 is 0. The second kappa shape index (κ2) is 9.16. The molecule has 15 heavy (non-hydrogen) atoms. The Bertz CT molecular complexity index is 231. The summed E-state index contributed by atoms with van der Waals surface area (Å²) >= 11 is 2.03. The van der Waals surface area contributed by atoms with Gasteiger partial charge in [-0.3, -0.25) is 4.99 Å². The van der Waals surface area contributed by atoms with Gasteiger partial charge < -0.3 is 10.6 Å². The molecule has 1 rings (SSSR count). The third kappa shape index (κ3) is 6.15. The number of terminal acetylenes is 1. The van der Waals surface area contributed by atoms with Crippen molar-refractivity contribution in [3.63, 3.8) is 0 Å². The third-order valence-corrected chi connectivity index (χ3v) is 3.50. The molecule has 1 atom stereocenters. The van der Waals surface area contributed by atoms with Crippen LogP contribution in [0.5, 0.6) is 0 Å². The molecule has 3 nitrogen and oxygen atoms in total. The van der Waals surface area contributed by atoms with Gasteiger partial charge in [0.15, 0.2) is 5.96 Å². The number of nitrogens with zero attached hydrogens (tertiary/aromatic N) is 1. The maximum absolute atomic E-state index is 5.15. The first kappa shape index (κ1) is 14.9. The zero-order valence-electron chi connectivity index (χ0n) is 8.95. The van der Waals surface area contributed by atoms with Gasteiger partial charge in [0.1, 0.15) is 0 Å². The smallest absolute Gasteiger partial charge is 0.191 e. The highest BCUT2D eigenvalue weighted by molar-refractivity contribution is 14.0. The second-order valence-electron chi connectivity index (χ2n) is 3.15. The van der Waals surface area contributed by atoms with Gasteiger partial charge in [0.05, 0.1) is 6.54 Å². The Hall–Kier alpha value is -0.0900. The van der Waals surface area contributed by atoms with Crippen LogP contribution in [0.25, 0.3) is 0 Å². The number of aliphatic imine (C=N–C) groups is 1. The summed E-state index contributed by atoms with van der Waals surface area (Å²) in [5.74, 6) is 4.62. The fourth-order valence-electron chi connectivity index (χ4n) is 1.37. The molecule has 0 aromatic carbocycles. The van der Waals surface area contributed by atoms with Crippen molar-refractivity contribution in [1.29, 1.82) is 0 Å². The van der Waals surface area contributed by atoms with Crippen molar-refractivity contribution in [3.8, 4) is 12.3 Å². The van der Waals surface area contributed by atoms with Gasteiger partial charge in [-0.1, -0.05) is 5.92 Å². The summed E-state index contributed by atoms with van der Waals surface area (Å²) in [6, 6.07) is 0. The fourth-order valence-corrected chi connectivity index (χ4v) is 2.57. The number of halogens is 1. The van der Waals surface area contributed by atoms with E-state index in [0.717, 1.165) is 17.8 Å². The number of nitrogens with one attached hydrogen (secondary N) is 2. The van der Waals surface area contributed by atoms with Crippen LogP contribution in [0.4, 0.5) is 0 Å². The van der Waals surface area contributed by atoms with E-state index in [1.165, 1.54) is 18.6 Å². The summed E-state index contributed by atoms with van der Waals surface area (Å²) in [5.41, 5.74) is 0. The Balaban J connectivity index is 0.00000196. The minimum absolute atomic E-state index is 0. The van der Waals surface area contributed by atoms with Crippen LogP contribution in [0.15, 0.2) is 4.99 Å². The van der Waals surface area contributed by atoms with Crippen molar-refractivity contribution >= 4 is 41.7 Å². The summed E-state index contributed by atoms with van der Waals surface area (Å²) in [6.45, 7) is 1.51. The molecule has 1 aliphatic rings. The average Bonchev–Trinajstić information content (AvgIpc) is 2.71. The normalized spacial score (nSPS) is 20.3. The number of hydrogen-bond donors (Lipinski definition) is 2. The Labute approximate surface area is 113 Å². The van der Waals surface area contributed by atoms with E-state index < -0.39 is 0 Å². The lowest BCUT2D eigenvalue weighted by molar-refractivity contribution is 0.734. The van der Waals surface area contributed by atoms with Crippen LogP contribution in [0, 0.1) is 12.3 Å². The predicted molar refractivity (Wildman–Crippen MR) is 79.1 cm³/mol. The van der Waals surface area contributed by atoms with E-state index in [-0.39, 0.29) is 24.0 Å². The lowest BCUT2D eigenvalue weighted by Crippen LogP contribution is -2.40. The maximum atomic E-state index is 5.15. The first-order chi connectivity index (χ1) is 6.86. The Morgan fingerprint density at radius 3 is 2.93 bits per heavy atom. The van der Waals surface area contributed by atoms with Gasteiger partial charge in [0.2, 0.25) is 0 Å². The second-order valence-corrected chi connectivity index (χ2v) is 4.55. The molecule has 1 unspecified atom stereocenters. The molecule has 0 aromatic rings. The molecule has 1 fully saturated rings. The van der Waals surface area contributed by atoms with Crippen LogP contribution in [0.1, 0.15) is 12.8 Å². The molecule has 1 aliphatic heterocycles. The van der Waals surface area contributed by atoms with Crippen molar-refractivity contribution in [1.82, 2.24) is 10.6 Å². The summed E-state index contributed by atoms with van der Waals surface area (Å²) in [5, 5.41) is 7.04. The van der Waals surface area contributed by atoms with E-state index in [0.29, 0.717) is 6.54 Å². The molecule has 0 radical (unpaired) electrons. The standard InChI is InChI=1S/C10H17N3S.HI/c1-3-6-12-10(11-2)13-8-9-5-4-7-14-9;/h1,9H,4-8H2,2H3,(H2,11,12,13);1H. The van der Waals surface area contributed by atoms with Crippen molar-refractivity contribution in [2.24, 2.45) is 4.99 Å². The van der Waals surface area contributed by atoms with Crippen molar-refractivity contribution < 1.29 is 0 Å². The monoisotopic (exact) mass is 339 g/mol. The fraction of sp³-hybridized carbons (Fsp3) is 0.700. The Morgan fingerprint density at radius 2 is 2.40 bits per heavy atom. The van der Waals surface area contributed by atoms with Crippen LogP contribution in [0.2, 0.25) is 0 Å². The van der Waals surface area contributed by atoms with E-state index in [1.54, 1.807) is 7.05 Å². The van der Waals surface area contributed by atoms with Crippen molar-refractivity contribution in [2.45, 2.75) is 18.1 Å². The molecule has 0 amide bonds. The Kier molecular flexibility index (Phi) is 9.10. The van der Waals surface area contributed by atoms with Gasteiger partial charge in [-0.2, -0.15) is 11.8 Å². The summed E-state index contributed by atoms with van der Waals surface area (Å²) in [7, 11) is 1.76. The van der Waals surface area contributed by atoms with Crippen LogP contribution < -0.4 is 10.6 Å². The number of hydrogen-bond acceptors (Lipinski definition) is 2. The van der Waals surface area contributed by atoms with Crippen LogP contribution >= 0.6 is 35.7 Å². The summed E-state index contributed by atoms with van der Waals surface area (Å²) in [4.78, 5) is 4.08. The minimum Gasteiger partial charge on any atom is -0.355 e. The zero-order chi connectivity index (χ0) is 10.2. The van der Waals surface area contributed by atoms with Crippen molar-refractivity contribution in [2.75, 3.05) is 25.9 Å². The minimum atomic E-state index is 0. The largest absolute Gasteiger partial charge is 0.355 e. The molecule has 2 N–H and O–H groups in total. The zero-order valence-corrected chi connectivity index (χ0v) is 12.1. The van der Waals surface area contributed by atoms with E-state index in [1.807, 2.05) is 11.8 Å². The van der Waals surface area contributed by atoms with Gasteiger partial charge in [-0.05, 0) is 18.6 Å². The van der Waals surface area contributed by atoms with Gasteiger partial charge >= 0.3 is 0 Å². The molecule has 0 aliphatic carbocycles. The van der Waals surface area contributed by atoms with Gasteiger partial charge in [-0.15, -0.1) is 30.4 Å². The molecule has 86 valence electrons. The third-order valence-electron chi connectivity index (χ3n) is 2.10. The molecule has 0 aromatic heterocycles. The average molecular weight is 339 g/mol. The molecular weight excluding hydrogens is 321 g/mol. The lowest BCUT2D eigenvalue weighted by Gasteiger charge is -2.13.